The molecular weight excluding hydrogens is 544 g/mol. The van der Waals surface area contributed by atoms with Gasteiger partial charge in [0, 0.05) is 10.9 Å². The van der Waals surface area contributed by atoms with Crippen LogP contribution in [0.3, 0.4) is 0 Å². The number of fused-ring (bicyclic) bond motifs is 3. The first-order valence-electron chi connectivity index (χ1n) is 14.0. The number of hydrogen-bond acceptors (Lipinski definition) is 9. The van der Waals surface area contributed by atoms with E-state index in [9.17, 15) is 9.50 Å². The molecule has 3 fully saturated rings. The summed E-state index contributed by atoms with van der Waals surface area (Å²) in [6.07, 6.45) is 9.93. The molecule has 2 N–H and O–H groups in total. The molecule has 5 heterocycles. The lowest BCUT2D eigenvalue weighted by atomic mass is 9.95. The molecule has 0 bridgehead atoms. The van der Waals surface area contributed by atoms with Crippen LogP contribution in [0.1, 0.15) is 31.2 Å². The number of rotatable bonds is 7. The number of phenols is 1. The summed E-state index contributed by atoms with van der Waals surface area (Å²) in [6.45, 7) is 3.39. The number of benzene rings is 2. The van der Waals surface area contributed by atoms with Gasteiger partial charge in [0.1, 0.15) is 40.6 Å². The number of terminal acetylenes is 1. The molecule has 4 aromatic rings. The summed E-state index contributed by atoms with van der Waals surface area (Å²) in [4.78, 5) is 16.1. The van der Waals surface area contributed by atoms with Gasteiger partial charge in [-0.05, 0) is 62.4 Å². The molecular formula is C31H29F2N5O4. The maximum absolute atomic E-state index is 16.7. The summed E-state index contributed by atoms with van der Waals surface area (Å²) in [5.41, 5.74) is -0.333. The van der Waals surface area contributed by atoms with Crippen LogP contribution in [0, 0.1) is 24.0 Å². The van der Waals surface area contributed by atoms with E-state index in [4.69, 9.17) is 20.6 Å². The molecule has 0 unspecified atom stereocenters. The number of halogens is 2. The maximum Gasteiger partial charge on any atom is 0.319 e. The molecule has 11 heteroatoms. The number of hydrogen-bond donors (Lipinski definition) is 2. The zero-order valence-corrected chi connectivity index (χ0v) is 23.0. The monoisotopic (exact) mass is 573 g/mol. The molecule has 0 radical (unpaired) electrons. The fourth-order valence-electron chi connectivity index (χ4n) is 6.54. The van der Waals surface area contributed by atoms with Crippen molar-refractivity contribution in [2.24, 2.45) is 0 Å². The third-order valence-corrected chi connectivity index (χ3v) is 8.64. The summed E-state index contributed by atoms with van der Waals surface area (Å²) < 4.78 is 48.6. The second kappa shape index (κ2) is 10.2. The Hall–Kier alpha value is -4.27. The second-order valence-corrected chi connectivity index (χ2v) is 11.1. The van der Waals surface area contributed by atoms with Crippen molar-refractivity contribution in [1.29, 1.82) is 0 Å². The average Bonchev–Trinajstić information content (AvgIpc) is 3.55. The Balaban J connectivity index is 1.42. The van der Waals surface area contributed by atoms with Gasteiger partial charge in [-0.3, -0.25) is 4.90 Å². The number of phenolic OH excluding ortho intramolecular Hbond substituents is 1. The molecule has 0 atom stereocenters. The van der Waals surface area contributed by atoms with E-state index in [1.807, 2.05) is 0 Å². The predicted molar refractivity (Wildman–Crippen MR) is 153 cm³/mol. The normalized spacial score (nSPS) is 18.1. The van der Waals surface area contributed by atoms with Crippen LogP contribution < -0.4 is 14.8 Å². The molecule has 3 aliphatic rings. The SMILES string of the molecule is C#Cc1c(F)ccc2cc(O)cc(-c3nc(OC)c4c(NC5COC5)nc(OCC56CCCN5CCC6)nc4c3F)c12. The van der Waals surface area contributed by atoms with E-state index >= 15 is 4.39 Å². The highest BCUT2D eigenvalue weighted by Gasteiger charge is 2.45. The Bertz CT molecular complexity index is 1760. The first-order chi connectivity index (χ1) is 20.4. The molecule has 0 spiro atoms. The van der Waals surface area contributed by atoms with E-state index in [-0.39, 0.29) is 62.3 Å². The smallest absolute Gasteiger partial charge is 0.319 e. The van der Waals surface area contributed by atoms with Crippen LogP contribution >= 0.6 is 0 Å². The van der Waals surface area contributed by atoms with Crippen LogP contribution in [0.4, 0.5) is 14.6 Å². The molecule has 3 saturated heterocycles. The van der Waals surface area contributed by atoms with Crippen molar-refractivity contribution < 1.29 is 28.1 Å². The quantitative estimate of drug-likeness (QED) is 0.306. The summed E-state index contributed by atoms with van der Waals surface area (Å²) >= 11 is 0. The van der Waals surface area contributed by atoms with Crippen LogP contribution in [0.25, 0.3) is 32.9 Å². The summed E-state index contributed by atoms with van der Waals surface area (Å²) in [7, 11) is 1.41. The number of ether oxygens (including phenoxy) is 3. The second-order valence-electron chi connectivity index (χ2n) is 11.1. The Morgan fingerprint density at radius 2 is 1.93 bits per heavy atom. The van der Waals surface area contributed by atoms with Gasteiger partial charge in [-0.2, -0.15) is 9.97 Å². The average molecular weight is 574 g/mol. The van der Waals surface area contributed by atoms with Gasteiger partial charge >= 0.3 is 6.01 Å². The minimum Gasteiger partial charge on any atom is -0.508 e. The van der Waals surface area contributed by atoms with E-state index in [1.165, 1.54) is 31.4 Å². The molecule has 216 valence electrons. The van der Waals surface area contributed by atoms with Gasteiger partial charge in [-0.15, -0.1) is 6.42 Å². The molecule has 42 heavy (non-hydrogen) atoms. The molecule has 0 aliphatic carbocycles. The van der Waals surface area contributed by atoms with E-state index in [0.29, 0.717) is 31.0 Å². The van der Waals surface area contributed by atoms with E-state index < -0.39 is 11.6 Å². The van der Waals surface area contributed by atoms with E-state index in [2.05, 4.69) is 31.1 Å². The Labute approximate surface area is 240 Å². The van der Waals surface area contributed by atoms with Crippen molar-refractivity contribution in [1.82, 2.24) is 19.9 Å². The highest BCUT2D eigenvalue weighted by Crippen LogP contribution is 2.42. The van der Waals surface area contributed by atoms with Crippen LogP contribution in [-0.2, 0) is 4.74 Å². The van der Waals surface area contributed by atoms with Gasteiger partial charge in [-0.1, -0.05) is 12.0 Å². The molecule has 0 amide bonds. The largest absolute Gasteiger partial charge is 0.508 e. The standard InChI is InChI=1S/C31H29F2N5O4/c1-3-20-22(32)7-6-17-12-19(39)13-21(23(17)20)26-25(33)27-24(29(35-26)40-2)28(34-18-14-41-15-18)37-30(36-27)42-16-31-8-4-10-38(31)11-5-9-31/h1,6-7,12-13,18,39H,4-5,8-11,14-16H2,2H3,(H,34,36,37). The van der Waals surface area contributed by atoms with Crippen molar-refractivity contribution in [3.05, 3.63) is 41.5 Å². The van der Waals surface area contributed by atoms with Crippen molar-refractivity contribution in [2.45, 2.75) is 37.3 Å². The summed E-state index contributed by atoms with van der Waals surface area (Å²) in [6, 6.07) is 5.39. The fourth-order valence-corrected chi connectivity index (χ4v) is 6.54. The molecule has 9 nitrogen and oxygen atoms in total. The predicted octanol–water partition coefficient (Wildman–Crippen LogP) is 4.64. The van der Waals surface area contributed by atoms with E-state index in [0.717, 1.165) is 38.8 Å². The van der Waals surface area contributed by atoms with Crippen molar-refractivity contribution >= 4 is 27.5 Å². The Morgan fingerprint density at radius 3 is 2.62 bits per heavy atom. The lowest BCUT2D eigenvalue weighted by Gasteiger charge is -2.31. The van der Waals surface area contributed by atoms with Gasteiger partial charge in [0.15, 0.2) is 5.82 Å². The number of nitrogens with zero attached hydrogens (tertiary/aromatic N) is 4. The maximum atomic E-state index is 16.7. The molecule has 2 aromatic carbocycles. The summed E-state index contributed by atoms with van der Waals surface area (Å²) in [5.74, 6) is 1.08. The zero-order chi connectivity index (χ0) is 29.0. The molecule has 3 aliphatic heterocycles. The highest BCUT2D eigenvalue weighted by molar-refractivity contribution is 6.04. The molecule has 2 aromatic heterocycles. The van der Waals surface area contributed by atoms with Crippen molar-refractivity contribution in [3.63, 3.8) is 0 Å². The summed E-state index contributed by atoms with van der Waals surface area (Å²) in [5, 5.41) is 14.7. The Morgan fingerprint density at radius 1 is 1.14 bits per heavy atom. The van der Waals surface area contributed by atoms with Crippen molar-refractivity contribution in [2.75, 3.05) is 45.3 Å². The van der Waals surface area contributed by atoms with Gasteiger partial charge in [0.25, 0.3) is 0 Å². The highest BCUT2D eigenvalue weighted by atomic mass is 19.1. The number of nitrogens with one attached hydrogen (secondary N) is 1. The van der Waals surface area contributed by atoms with Gasteiger partial charge in [-0.25, -0.2) is 13.8 Å². The minimum atomic E-state index is -0.813. The lowest BCUT2D eigenvalue weighted by Crippen LogP contribution is -2.43. The first-order valence-corrected chi connectivity index (χ1v) is 14.0. The third kappa shape index (κ3) is 4.25. The number of aromatic hydroxyl groups is 1. The minimum absolute atomic E-state index is 0.0209. The number of aromatic nitrogens is 3. The van der Waals surface area contributed by atoms with Gasteiger partial charge in [0.2, 0.25) is 5.88 Å². The topological polar surface area (TPSA) is 102 Å². The third-order valence-electron chi connectivity index (χ3n) is 8.64. The van der Waals surface area contributed by atoms with Crippen molar-refractivity contribution in [3.8, 4) is 41.2 Å². The molecule has 7 rings (SSSR count). The van der Waals surface area contributed by atoms with Crippen LogP contribution in [-0.4, -0.2) is 76.6 Å². The van der Waals surface area contributed by atoms with Crippen LogP contribution in [0.2, 0.25) is 0 Å². The lowest BCUT2D eigenvalue weighted by molar-refractivity contribution is 0.0209. The van der Waals surface area contributed by atoms with Gasteiger partial charge < -0.3 is 24.6 Å². The zero-order valence-electron chi connectivity index (χ0n) is 23.0. The number of pyridine rings is 1. The Kier molecular flexibility index (Phi) is 6.48. The van der Waals surface area contributed by atoms with Gasteiger partial charge in [0.05, 0.1) is 37.5 Å². The number of methoxy groups -OCH3 is 1. The van der Waals surface area contributed by atoms with Crippen LogP contribution in [0.5, 0.6) is 17.6 Å². The van der Waals surface area contributed by atoms with E-state index in [1.54, 1.807) is 0 Å². The van der Waals surface area contributed by atoms with Crippen LogP contribution in [0.15, 0.2) is 24.3 Å². The fraction of sp³-hybridized carbons (Fsp3) is 0.387. The number of anilines is 1. The molecule has 0 saturated carbocycles. The first kappa shape index (κ1) is 26.6.